The third kappa shape index (κ3) is 11.7. The molecule has 22 nitrogen and oxygen atoms in total. The lowest BCUT2D eigenvalue weighted by molar-refractivity contribution is -0.129. The van der Waals surface area contributed by atoms with Crippen LogP contribution in [0.25, 0.3) is 0 Å². The molecule has 22 heteroatoms. The fourth-order valence-electron chi connectivity index (χ4n) is 7.42. The average molecular weight is 883 g/mol. The maximum atomic E-state index is 14.2. The van der Waals surface area contributed by atoms with Crippen molar-refractivity contribution in [1.29, 1.82) is 0 Å². The first-order valence-corrected chi connectivity index (χ1v) is 21.1. The second-order valence-electron chi connectivity index (χ2n) is 16.6. The summed E-state index contributed by atoms with van der Waals surface area (Å²) in [5, 5.41) is 42.0. The van der Waals surface area contributed by atoms with Gasteiger partial charge in [0.15, 0.2) is 11.6 Å². The van der Waals surface area contributed by atoms with E-state index in [2.05, 4.69) is 61.8 Å². The van der Waals surface area contributed by atoms with Crippen molar-refractivity contribution in [3.8, 4) is 0 Å². The van der Waals surface area contributed by atoms with E-state index in [0.29, 0.717) is 36.1 Å². The van der Waals surface area contributed by atoms with Gasteiger partial charge in [-0.25, -0.2) is 29.5 Å². The Bertz CT molecular complexity index is 2040. The number of urea groups is 2. The zero-order chi connectivity index (χ0) is 45.9. The van der Waals surface area contributed by atoms with Crippen molar-refractivity contribution in [3.05, 3.63) is 85.2 Å². The SMILES string of the molecule is CC(C)[C@H](NC(=O)N(C)CN1CNc2cncnc21)C(=O)N[C@@H](Cc1ccncc1)[C@H](O)[C@H](O)[C@H](Cc1ccncc1)NC(=O)[C@@H](NC(=O)N(C)CN1CNc2cncnc21)C(C)C. The van der Waals surface area contributed by atoms with Gasteiger partial charge in [0.2, 0.25) is 11.8 Å². The van der Waals surface area contributed by atoms with Crippen LogP contribution in [0.2, 0.25) is 0 Å². The number of fused-ring (bicyclic) bond motifs is 2. The van der Waals surface area contributed by atoms with Gasteiger partial charge in [-0.1, -0.05) is 27.7 Å². The Morgan fingerprint density at radius 2 is 1.00 bits per heavy atom. The van der Waals surface area contributed by atoms with E-state index >= 15 is 0 Å². The molecule has 2 aliphatic rings. The molecule has 64 heavy (non-hydrogen) atoms. The molecule has 0 saturated carbocycles. The predicted molar refractivity (Wildman–Crippen MR) is 237 cm³/mol. The van der Waals surface area contributed by atoms with Crippen molar-refractivity contribution in [3.63, 3.8) is 0 Å². The van der Waals surface area contributed by atoms with Gasteiger partial charge in [-0.2, -0.15) is 0 Å². The second-order valence-corrected chi connectivity index (χ2v) is 16.6. The molecule has 8 N–H and O–H groups in total. The molecule has 0 aromatic carbocycles. The zero-order valence-electron chi connectivity index (χ0n) is 36.8. The van der Waals surface area contributed by atoms with Gasteiger partial charge in [0.25, 0.3) is 0 Å². The van der Waals surface area contributed by atoms with Crippen molar-refractivity contribution < 1.29 is 29.4 Å². The normalized spacial score (nSPS) is 15.7. The van der Waals surface area contributed by atoms with E-state index in [0.717, 1.165) is 11.4 Å². The summed E-state index contributed by atoms with van der Waals surface area (Å²) >= 11 is 0. The summed E-state index contributed by atoms with van der Waals surface area (Å²) in [7, 11) is 3.20. The van der Waals surface area contributed by atoms with Gasteiger partial charge >= 0.3 is 12.1 Å². The van der Waals surface area contributed by atoms with Crippen LogP contribution < -0.4 is 41.7 Å². The predicted octanol–water partition coefficient (Wildman–Crippen LogP) is 0.559. The van der Waals surface area contributed by atoms with Crippen LogP contribution in [0.1, 0.15) is 38.8 Å². The first-order valence-electron chi connectivity index (χ1n) is 21.1. The van der Waals surface area contributed by atoms with Crippen molar-refractivity contribution in [1.82, 2.24) is 61.0 Å². The lowest BCUT2D eigenvalue weighted by Gasteiger charge is -2.35. The van der Waals surface area contributed by atoms with Gasteiger partial charge in [-0.15, -0.1) is 0 Å². The molecule has 0 unspecified atom stereocenters. The zero-order valence-corrected chi connectivity index (χ0v) is 36.8. The maximum absolute atomic E-state index is 14.2. The third-order valence-electron chi connectivity index (χ3n) is 11.1. The number of nitrogens with zero attached hydrogens (tertiary/aromatic N) is 10. The van der Waals surface area contributed by atoms with E-state index in [4.69, 9.17) is 0 Å². The molecule has 6 heterocycles. The Morgan fingerprint density at radius 3 is 1.36 bits per heavy atom. The number of aliphatic hydroxyl groups excluding tert-OH is 2. The summed E-state index contributed by atoms with van der Waals surface area (Å²) in [6.07, 6.45) is 9.26. The van der Waals surface area contributed by atoms with Crippen molar-refractivity contribution >= 4 is 46.9 Å². The van der Waals surface area contributed by atoms with Crippen LogP contribution in [-0.4, -0.2) is 151 Å². The quantitative estimate of drug-likeness (QED) is 0.0639. The Kier molecular flexibility index (Phi) is 15.6. The number of carbonyl (C=O) groups is 4. The number of carbonyl (C=O) groups excluding carboxylic acids is 4. The molecular weight excluding hydrogens is 825 g/mol. The molecule has 2 aliphatic heterocycles. The monoisotopic (exact) mass is 882 g/mol. The van der Waals surface area contributed by atoms with E-state index in [1.807, 2.05) is 9.80 Å². The van der Waals surface area contributed by atoms with Crippen molar-refractivity contribution in [2.75, 3.05) is 61.2 Å². The Hall–Kier alpha value is -6.94. The first kappa shape index (κ1) is 46.6. The smallest absolute Gasteiger partial charge is 0.319 e. The molecule has 0 fully saturated rings. The lowest BCUT2D eigenvalue weighted by Crippen LogP contribution is -2.62. The maximum Gasteiger partial charge on any atom is 0.319 e. The topological polar surface area (TPSA) is 271 Å². The van der Waals surface area contributed by atoms with E-state index in [1.54, 1.807) is 103 Å². The summed E-state index contributed by atoms with van der Waals surface area (Å²) in [5.41, 5.74) is 2.87. The van der Waals surface area contributed by atoms with Gasteiger partial charge in [-0.3, -0.25) is 19.6 Å². The van der Waals surface area contributed by atoms with E-state index < -0.39 is 60.3 Å². The fraction of sp³-hybridized carbons (Fsp3) is 0.476. The number of nitrogens with one attached hydrogen (secondary N) is 6. The molecule has 0 radical (unpaired) electrons. The Labute approximate surface area is 371 Å². The minimum Gasteiger partial charge on any atom is -0.388 e. The summed E-state index contributed by atoms with van der Waals surface area (Å²) in [5.74, 6) is -0.677. The van der Waals surface area contributed by atoms with Gasteiger partial charge < -0.3 is 61.7 Å². The minimum atomic E-state index is -1.65. The number of hydrogen-bond donors (Lipinski definition) is 8. The van der Waals surface area contributed by atoms with Crippen LogP contribution in [0.3, 0.4) is 0 Å². The number of rotatable bonds is 19. The van der Waals surface area contributed by atoms with Crippen LogP contribution in [0, 0.1) is 11.8 Å². The van der Waals surface area contributed by atoms with Gasteiger partial charge in [-0.05, 0) is 60.1 Å². The van der Waals surface area contributed by atoms with E-state index in [-0.39, 0.29) is 38.0 Å². The van der Waals surface area contributed by atoms with E-state index in [1.165, 1.54) is 22.5 Å². The standard InChI is InChI=1S/C42H58N16O6/c1-25(2)33(53-41(63)55(5)23-57-21-49-31-17-45-19-47-37(31)57)39(61)51-29(15-27-7-11-43-12-8-27)35(59)36(60)30(16-28-9-13-44-14-10-28)52-40(62)34(26(3)4)54-42(64)56(6)24-58-22-50-32-18-46-20-48-38(32)58/h7-14,17-20,25-26,29-30,33-36,49-50,59-60H,15-16,21-24H2,1-6H3,(H,51,61)(H,52,62)(H,53,63)(H,54,64)/t29-,30-,33-,34-,35-,36+/m0/s1. The molecule has 4 aromatic rings. The molecule has 6 amide bonds. The molecule has 6 rings (SSSR count). The summed E-state index contributed by atoms with van der Waals surface area (Å²) < 4.78 is 0. The molecular formula is C42H58N16O6. The van der Waals surface area contributed by atoms with Crippen molar-refractivity contribution in [2.24, 2.45) is 11.8 Å². The average Bonchev–Trinajstić information content (AvgIpc) is 3.90. The molecule has 0 spiro atoms. The minimum absolute atomic E-state index is 0.0599. The molecule has 0 aliphatic carbocycles. The molecule has 0 bridgehead atoms. The lowest BCUT2D eigenvalue weighted by atomic mass is 9.90. The number of aromatic nitrogens is 6. The second kappa shape index (κ2) is 21.4. The number of hydrogen-bond acceptors (Lipinski definition) is 16. The molecule has 6 atom stereocenters. The highest BCUT2D eigenvalue weighted by molar-refractivity contribution is 5.88. The van der Waals surface area contributed by atoms with Gasteiger partial charge in [0.05, 0.1) is 62.5 Å². The molecule has 342 valence electrons. The largest absolute Gasteiger partial charge is 0.388 e. The number of anilines is 4. The fourth-order valence-corrected chi connectivity index (χ4v) is 7.42. The summed E-state index contributed by atoms with van der Waals surface area (Å²) in [6, 6.07) is 1.53. The summed E-state index contributed by atoms with van der Waals surface area (Å²) in [4.78, 5) is 86.9. The van der Waals surface area contributed by atoms with Gasteiger partial charge in [0, 0.05) is 38.9 Å². The number of amides is 6. The highest BCUT2D eigenvalue weighted by Gasteiger charge is 2.38. The molecule has 0 saturated heterocycles. The van der Waals surface area contributed by atoms with Crippen LogP contribution >= 0.6 is 0 Å². The Balaban J connectivity index is 1.17. The number of pyridine rings is 2. The van der Waals surface area contributed by atoms with Crippen LogP contribution in [-0.2, 0) is 22.4 Å². The highest BCUT2D eigenvalue weighted by atomic mass is 16.3. The van der Waals surface area contributed by atoms with Crippen LogP contribution in [0.15, 0.2) is 74.1 Å². The van der Waals surface area contributed by atoms with Crippen molar-refractivity contribution in [2.45, 2.75) is 76.9 Å². The number of aliphatic hydroxyl groups is 2. The highest BCUT2D eigenvalue weighted by Crippen LogP contribution is 2.28. The first-order chi connectivity index (χ1) is 30.7. The van der Waals surface area contributed by atoms with Gasteiger partial charge in [0.1, 0.15) is 36.9 Å². The molecule has 4 aromatic heterocycles. The van der Waals surface area contributed by atoms with Crippen LogP contribution in [0.5, 0.6) is 0 Å². The Morgan fingerprint density at radius 1 is 0.625 bits per heavy atom. The summed E-state index contributed by atoms with van der Waals surface area (Å²) in [6.45, 7) is 8.27. The van der Waals surface area contributed by atoms with Crippen LogP contribution in [0.4, 0.5) is 32.6 Å². The third-order valence-corrected chi connectivity index (χ3v) is 11.1. The van der Waals surface area contributed by atoms with E-state index in [9.17, 15) is 29.4 Å².